The van der Waals surface area contributed by atoms with Gasteiger partial charge in [-0.05, 0) is 36.7 Å². The lowest BCUT2D eigenvalue weighted by atomic mass is 10.2. The summed E-state index contributed by atoms with van der Waals surface area (Å²) in [6.07, 6.45) is 1.07. The lowest BCUT2D eigenvalue weighted by Crippen LogP contribution is -2.50. The third-order valence-electron chi connectivity index (χ3n) is 3.61. The van der Waals surface area contributed by atoms with Gasteiger partial charge in [0.15, 0.2) is 11.9 Å². The molecule has 0 spiro atoms. The molecule has 0 bridgehead atoms. The topological polar surface area (TPSA) is 98.0 Å². The number of nitrogens with zero attached hydrogens (tertiary/aromatic N) is 4. The Morgan fingerprint density at radius 1 is 1.28 bits per heavy atom. The fourth-order valence-electron chi connectivity index (χ4n) is 2.34. The average molecular weight is 352 g/mol. The Balaban J connectivity index is 1.68. The Hall–Kier alpha value is -2.42. The number of pyridine rings is 1. The Morgan fingerprint density at radius 2 is 1.96 bits per heavy atom. The molecule has 9 nitrogen and oxygen atoms in total. The number of nitro groups is 1. The highest BCUT2D eigenvalue weighted by atomic mass is 16.6. The molecular weight excluding hydrogens is 328 g/mol. The zero-order valence-electron chi connectivity index (χ0n) is 14.8. The quantitative estimate of drug-likeness (QED) is 0.590. The van der Waals surface area contributed by atoms with Gasteiger partial charge in [0.2, 0.25) is 0 Å². The second-order valence-electron chi connectivity index (χ2n) is 6.77. The third-order valence-corrected chi connectivity index (χ3v) is 3.61. The number of ether oxygens (including phenoxy) is 2. The van der Waals surface area contributed by atoms with Gasteiger partial charge in [0.1, 0.15) is 12.2 Å². The fraction of sp³-hybridized carbons (Fsp3) is 0.625. The molecule has 0 saturated carbocycles. The molecule has 2 heterocycles. The van der Waals surface area contributed by atoms with Crippen molar-refractivity contribution in [3.63, 3.8) is 0 Å². The molecule has 2 rings (SSSR count). The summed E-state index contributed by atoms with van der Waals surface area (Å²) >= 11 is 0. The van der Waals surface area contributed by atoms with Gasteiger partial charge in [-0.3, -0.25) is 4.90 Å². The van der Waals surface area contributed by atoms with Gasteiger partial charge in [-0.15, -0.1) is 0 Å². The van der Waals surface area contributed by atoms with Crippen molar-refractivity contribution in [2.75, 3.05) is 39.3 Å². The van der Waals surface area contributed by atoms with Gasteiger partial charge in [-0.2, -0.15) is 0 Å². The number of hydrogen-bond acceptors (Lipinski definition) is 7. The molecule has 9 heteroatoms. The molecule has 1 fully saturated rings. The summed E-state index contributed by atoms with van der Waals surface area (Å²) in [5, 5.41) is 10.5. The highest BCUT2D eigenvalue weighted by Gasteiger charge is 2.25. The smallest absolute Gasteiger partial charge is 0.410 e. The van der Waals surface area contributed by atoms with Gasteiger partial charge >= 0.3 is 11.9 Å². The lowest BCUT2D eigenvalue weighted by Gasteiger charge is -2.35. The molecule has 138 valence electrons. The van der Waals surface area contributed by atoms with Gasteiger partial charge in [0.05, 0.1) is 0 Å². The number of aromatic nitrogens is 1. The molecular formula is C16H24N4O5. The first-order chi connectivity index (χ1) is 11.7. The fourth-order valence-corrected chi connectivity index (χ4v) is 2.34. The maximum atomic E-state index is 12.0. The normalized spacial score (nSPS) is 15.7. The van der Waals surface area contributed by atoms with Gasteiger partial charge < -0.3 is 24.5 Å². The molecule has 0 aliphatic carbocycles. The van der Waals surface area contributed by atoms with Crippen LogP contribution in [0.25, 0.3) is 0 Å². The predicted molar refractivity (Wildman–Crippen MR) is 90.6 cm³/mol. The van der Waals surface area contributed by atoms with Gasteiger partial charge in [-0.1, -0.05) is 0 Å². The van der Waals surface area contributed by atoms with Crippen molar-refractivity contribution in [3.05, 3.63) is 28.4 Å². The highest BCUT2D eigenvalue weighted by molar-refractivity contribution is 5.68. The summed E-state index contributed by atoms with van der Waals surface area (Å²) in [7, 11) is 0. The molecule has 1 aliphatic heterocycles. The second-order valence-corrected chi connectivity index (χ2v) is 6.77. The van der Waals surface area contributed by atoms with Crippen molar-refractivity contribution in [2.45, 2.75) is 26.4 Å². The van der Waals surface area contributed by atoms with Crippen LogP contribution >= 0.6 is 0 Å². The summed E-state index contributed by atoms with van der Waals surface area (Å²) < 4.78 is 10.9. The Morgan fingerprint density at radius 3 is 2.48 bits per heavy atom. The van der Waals surface area contributed by atoms with Crippen LogP contribution in [0.2, 0.25) is 0 Å². The molecule has 0 N–H and O–H groups in total. The van der Waals surface area contributed by atoms with Crippen LogP contribution in [-0.4, -0.2) is 70.7 Å². The molecule has 25 heavy (non-hydrogen) atoms. The molecule has 1 saturated heterocycles. The zero-order valence-corrected chi connectivity index (χ0v) is 14.8. The monoisotopic (exact) mass is 352 g/mol. The van der Waals surface area contributed by atoms with Crippen LogP contribution < -0.4 is 4.74 Å². The van der Waals surface area contributed by atoms with E-state index in [1.54, 1.807) is 4.90 Å². The average Bonchev–Trinajstić information content (AvgIpc) is 2.54. The SMILES string of the molecule is CC(C)(C)OC(=O)N1CCN(CCOc2ccc([N+](=O)[O-])nc2)CC1. The number of carbonyl (C=O) groups excluding carboxylic acids is 1. The summed E-state index contributed by atoms with van der Waals surface area (Å²) in [5.74, 6) is 0.295. The molecule has 1 amide bonds. The maximum absolute atomic E-state index is 12.0. The minimum atomic E-state index is -0.548. The number of carbonyl (C=O) groups is 1. The van der Waals surface area contributed by atoms with E-state index in [0.717, 1.165) is 13.1 Å². The summed E-state index contributed by atoms with van der Waals surface area (Å²) in [6, 6.07) is 2.85. The van der Waals surface area contributed by atoms with Crippen LogP contribution in [0, 0.1) is 10.1 Å². The predicted octanol–water partition coefficient (Wildman–Crippen LogP) is 1.92. The number of hydrogen-bond donors (Lipinski definition) is 0. The van der Waals surface area contributed by atoms with Crippen LogP contribution in [0.3, 0.4) is 0 Å². The molecule has 0 unspecified atom stereocenters. The van der Waals surface area contributed by atoms with E-state index in [9.17, 15) is 14.9 Å². The number of piperazine rings is 1. The first kappa shape index (κ1) is 18.9. The highest BCUT2D eigenvalue weighted by Crippen LogP contribution is 2.14. The van der Waals surface area contributed by atoms with Gasteiger partial charge in [0.25, 0.3) is 0 Å². The van der Waals surface area contributed by atoms with E-state index in [1.807, 2.05) is 20.8 Å². The van der Waals surface area contributed by atoms with Gasteiger partial charge in [0, 0.05) is 38.8 Å². The molecule has 1 aromatic heterocycles. The zero-order chi connectivity index (χ0) is 18.4. The number of rotatable bonds is 5. The van der Waals surface area contributed by atoms with Crippen LogP contribution in [0.15, 0.2) is 18.3 Å². The minimum Gasteiger partial charge on any atom is -0.488 e. The molecule has 0 radical (unpaired) electrons. The Kier molecular flexibility index (Phi) is 6.13. The molecule has 1 aliphatic rings. The third kappa shape index (κ3) is 6.18. The minimum absolute atomic E-state index is 0.203. The number of amides is 1. The van der Waals surface area contributed by atoms with Crippen molar-refractivity contribution < 1.29 is 19.2 Å². The van der Waals surface area contributed by atoms with E-state index < -0.39 is 10.5 Å². The van der Waals surface area contributed by atoms with E-state index in [-0.39, 0.29) is 11.9 Å². The van der Waals surface area contributed by atoms with Gasteiger partial charge in [-0.25, -0.2) is 4.79 Å². The summed E-state index contributed by atoms with van der Waals surface area (Å²) in [4.78, 5) is 29.6. The van der Waals surface area contributed by atoms with Crippen molar-refractivity contribution in [2.24, 2.45) is 0 Å². The van der Waals surface area contributed by atoms with Crippen LogP contribution in [0.1, 0.15) is 20.8 Å². The first-order valence-corrected chi connectivity index (χ1v) is 8.18. The van der Waals surface area contributed by atoms with E-state index in [2.05, 4.69) is 9.88 Å². The van der Waals surface area contributed by atoms with Crippen LogP contribution in [0.4, 0.5) is 10.6 Å². The van der Waals surface area contributed by atoms with Crippen LogP contribution in [0.5, 0.6) is 5.75 Å². The van der Waals surface area contributed by atoms with E-state index in [1.165, 1.54) is 18.3 Å². The maximum Gasteiger partial charge on any atom is 0.410 e. The van der Waals surface area contributed by atoms with Crippen molar-refractivity contribution in [1.82, 2.24) is 14.8 Å². The van der Waals surface area contributed by atoms with E-state index in [4.69, 9.17) is 9.47 Å². The van der Waals surface area contributed by atoms with E-state index in [0.29, 0.717) is 32.0 Å². The van der Waals surface area contributed by atoms with Crippen molar-refractivity contribution in [1.29, 1.82) is 0 Å². The largest absolute Gasteiger partial charge is 0.488 e. The summed E-state index contributed by atoms with van der Waals surface area (Å²) in [6.45, 7) is 9.46. The molecule has 1 aromatic rings. The Bertz CT molecular complexity index is 592. The standard InChI is InChI=1S/C16H24N4O5/c1-16(2,3)25-15(21)19-8-6-18(7-9-19)10-11-24-13-4-5-14(17-12-13)20(22)23/h4-5,12H,6-11H2,1-3H3. The first-order valence-electron chi connectivity index (χ1n) is 8.18. The molecule has 0 atom stereocenters. The van der Waals surface area contributed by atoms with E-state index >= 15 is 0 Å². The second kappa shape index (κ2) is 8.11. The van der Waals surface area contributed by atoms with Crippen molar-refractivity contribution >= 4 is 11.9 Å². The van der Waals surface area contributed by atoms with Crippen molar-refractivity contribution in [3.8, 4) is 5.75 Å². The van der Waals surface area contributed by atoms with Crippen LogP contribution in [-0.2, 0) is 4.74 Å². The Labute approximate surface area is 146 Å². The lowest BCUT2D eigenvalue weighted by molar-refractivity contribution is -0.389. The summed E-state index contributed by atoms with van der Waals surface area (Å²) in [5.41, 5.74) is -0.485. The molecule has 0 aromatic carbocycles.